The maximum absolute atomic E-state index is 9.99. The normalized spacial score (nSPS) is 14.6. The van der Waals surface area contributed by atoms with Crippen LogP contribution in [0.2, 0.25) is 0 Å². The Balaban J connectivity index is 2.29. The Morgan fingerprint density at radius 3 is 2.31 bits per heavy atom. The third-order valence-corrected chi connectivity index (χ3v) is 2.49. The molecule has 0 spiro atoms. The van der Waals surface area contributed by atoms with E-state index in [2.05, 4.69) is 0 Å². The molecule has 0 unspecified atom stereocenters. The number of benzene rings is 1. The van der Waals surface area contributed by atoms with E-state index in [9.17, 15) is 5.11 Å². The topological polar surface area (TPSA) is 20.2 Å². The summed E-state index contributed by atoms with van der Waals surface area (Å²) in [6.07, 6.45) is 9.61. The monoisotopic (exact) mass is 210 g/mol. The molecule has 0 amide bonds. The molecule has 0 saturated heterocycles. The molecule has 1 aromatic carbocycles. The van der Waals surface area contributed by atoms with Gasteiger partial charge in [-0.15, -0.1) is 0 Å². The zero-order valence-electron chi connectivity index (χ0n) is 9.22. The molecule has 1 heteroatoms. The number of aliphatic hydroxyl groups is 1. The lowest BCUT2D eigenvalue weighted by Crippen LogP contribution is -1.87. The minimum atomic E-state index is 0.342. The highest BCUT2D eigenvalue weighted by atomic mass is 16.3. The lowest BCUT2D eigenvalue weighted by molar-refractivity contribution is 0.421. The highest BCUT2D eigenvalue weighted by molar-refractivity contribution is 5.59. The first-order chi connectivity index (χ1) is 7.77. The molecule has 2 rings (SSSR count). The molecular formula is C15H14O. The lowest BCUT2D eigenvalue weighted by atomic mass is 10.1. The average Bonchev–Trinajstić information content (AvgIpc) is 2.83. The predicted molar refractivity (Wildman–Crippen MR) is 68.0 cm³/mol. The molecule has 1 aliphatic carbocycles. The van der Waals surface area contributed by atoms with E-state index in [1.807, 2.05) is 67.6 Å². The zero-order valence-corrected chi connectivity index (χ0v) is 9.22. The van der Waals surface area contributed by atoms with Gasteiger partial charge in [-0.1, -0.05) is 54.6 Å². The fourth-order valence-corrected chi connectivity index (χ4v) is 1.63. The first-order valence-electron chi connectivity index (χ1n) is 5.29. The second kappa shape index (κ2) is 4.67. The molecule has 0 radical (unpaired) electrons. The largest absolute Gasteiger partial charge is 0.507 e. The van der Waals surface area contributed by atoms with E-state index in [4.69, 9.17) is 0 Å². The molecule has 1 nitrogen and oxygen atoms in total. The van der Waals surface area contributed by atoms with E-state index in [0.717, 1.165) is 16.7 Å². The van der Waals surface area contributed by atoms with Crippen LogP contribution in [-0.2, 0) is 0 Å². The van der Waals surface area contributed by atoms with Crippen molar-refractivity contribution < 1.29 is 5.11 Å². The third-order valence-electron chi connectivity index (χ3n) is 2.49. The van der Waals surface area contributed by atoms with Crippen molar-refractivity contribution in [3.05, 3.63) is 77.1 Å². The quantitative estimate of drug-likeness (QED) is 0.731. The lowest BCUT2D eigenvalue weighted by Gasteiger charge is -2.03. The smallest absolute Gasteiger partial charge is 0.125 e. The van der Waals surface area contributed by atoms with Crippen molar-refractivity contribution in [2.45, 2.75) is 6.92 Å². The van der Waals surface area contributed by atoms with E-state index in [1.54, 1.807) is 0 Å². The fraction of sp³-hybridized carbons (Fsp3) is 0.0667. The molecule has 0 heterocycles. The third kappa shape index (κ3) is 2.31. The molecule has 1 aromatic rings. The fourth-order valence-electron chi connectivity index (χ4n) is 1.63. The summed E-state index contributed by atoms with van der Waals surface area (Å²) in [6.45, 7) is 1.91. The Hall–Kier alpha value is -2.02. The first-order valence-corrected chi connectivity index (χ1v) is 5.29. The summed E-state index contributed by atoms with van der Waals surface area (Å²) in [5, 5.41) is 9.99. The van der Waals surface area contributed by atoms with Crippen molar-refractivity contribution in [2.75, 3.05) is 0 Å². The van der Waals surface area contributed by atoms with Crippen LogP contribution in [0, 0.1) is 0 Å². The summed E-state index contributed by atoms with van der Waals surface area (Å²) >= 11 is 0. The van der Waals surface area contributed by atoms with Crippen LogP contribution in [-0.4, -0.2) is 5.11 Å². The highest BCUT2D eigenvalue weighted by Crippen LogP contribution is 2.19. The standard InChI is InChI=1S/C15H14O/c1-12(11-13-7-3-2-4-8-13)15(16)14-9-5-6-10-14/h2-11,16H,1H3. The van der Waals surface area contributed by atoms with Gasteiger partial charge in [-0.05, 0) is 24.1 Å². The van der Waals surface area contributed by atoms with Crippen molar-refractivity contribution in [3.63, 3.8) is 0 Å². The SMILES string of the molecule is CC(=Cc1ccccc1)C(O)=C1C=CC=C1. The van der Waals surface area contributed by atoms with Crippen LogP contribution in [0.3, 0.4) is 0 Å². The van der Waals surface area contributed by atoms with E-state index in [-0.39, 0.29) is 0 Å². The van der Waals surface area contributed by atoms with Crippen molar-refractivity contribution in [3.8, 4) is 0 Å². The van der Waals surface area contributed by atoms with E-state index >= 15 is 0 Å². The van der Waals surface area contributed by atoms with Crippen molar-refractivity contribution in [1.29, 1.82) is 0 Å². The Kier molecular flexibility index (Phi) is 3.06. The van der Waals surface area contributed by atoms with Crippen LogP contribution in [0.5, 0.6) is 0 Å². The van der Waals surface area contributed by atoms with Crippen LogP contribution in [0.4, 0.5) is 0 Å². The van der Waals surface area contributed by atoms with Gasteiger partial charge in [-0.2, -0.15) is 0 Å². The Bertz CT molecular complexity index is 473. The van der Waals surface area contributed by atoms with Gasteiger partial charge in [0.1, 0.15) is 5.76 Å². The highest BCUT2D eigenvalue weighted by Gasteiger charge is 2.04. The molecule has 0 aliphatic heterocycles. The summed E-state index contributed by atoms with van der Waals surface area (Å²) in [7, 11) is 0. The number of hydrogen-bond acceptors (Lipinski definition) is 1. The first kappa shape index (κ1) is 10.5. The maximum Gasteiger partial charge on any atom is 0.125 e. The number of rotatable bonds is 2. The van der Waals surface area contributed by atoms with Crippen LogP contribution in [0.15, 0.2) is 71.5 Å². The summed E-state index contributed by atoms with van der Waals surface area (Å²) < 4.78 is 0. The van der Waals surface area contributed by atoms with E-state index in [0.29, 0.717) is 5.76 Å². The average molecular weight is 210 g/mol. The van der Waals surface area contributed by atoms with Crippen molar-refractivity contribution in [2.24, 2.45) is 0 Å². The number of aliphatic hydroxyl groups excluding tert-OH is 1. The van der Waals surface area contributed by atoms with Crippen molar-refractivity contribution in [1.82, 2.24) is 0 Å². The van der Waals surface area contributed by atoms with Crippen molar-refractivity contribution >= 4 is 6.08 Å². The summed E-state index contributed by atoms with van der Waals surface area (Å²) in [4.78, 5) is 0. The van der Waals surface area contributed by atoms with Gasteiger partial charge in [0.15, 0.2) is 0 Å². The van der Waals surface area contributed by atoms with Gasteiger partial charge >= 0.3 is 0 Å². The molecule has 0 atom stereocenters. The minimum absolute atomic E-state index is 0.342. The van der Waals surface area contributed by atoms with Gasteiger partial charge in [0.05, 0.1) is 0 Å². The molecule has 0 aromatic heterocycles. The second-order valence-corrected chi connectivity index (χ2v) is 3.76. The minimum Gasteiger partial charge on any atom is -0.507 e. The molecule has 16 heavy (non-hydrogen) atoms. The van der Waals surface area contributed by atoms with Crippen LogP contribution >= 0.6 is 0 Å². The summed E-state index contributed by atoms with van der Waals surface area (Å²) in [5.41, 5.74) is 2.83. The second-order valence-electron chi connectivity index (χ2n) is 3.76. The molecule has 1 aliphatic rings. The molecular weight excluding hydrogens is 196 g/mol. The van der Waals surface area contributed by atoms with Gasteiger partial charge in [0.2, 0.25) is 0 Å². The molecule has 80 valence electrons. The molecule has 0 fully saturated rings. The van der Waals surface area contributed by atoms with Gasteiger partial charge in [-0.25, -0.2) is 0 Å². The Labute approximate surface area is 95.7 Å². The van der Waals surface area contributed by atoms with Crippen LogP contribution < -0.4 is 0 Å². The van der Waals surface area contributed by atoms with E-state index in [1.165, 1.54) is 0 Å². The molecule has 0 saturated carbocycles. The molecule has 1 N–H and O–H groups in total. The number of allylic oxidation sites excluding steroid dienone is 6. The zero-order chi connectivity index (χ0) is 11.4. The van der Waals surface area contributed by atoms with Gasteiger partial charge in [0.25, 0.3) is 0 Å². The Morgan fingerprint density at radius 2 is 1.69 bits per heavy atom. The predicted octanol–water partition coefficient (Wildman–Crippen LogP) is 4.03. The number of hydrogen-bond donors (Lipinski definition) is 1. The van der Waals surface area contributed by atoms with Gasteiger partial charge in [0, 0.05) is 5.57 Å². The molecule has 0 bridgehead atoms. The van der Waals surface area contributed by atoms with Crippen LogP contribution in [0.25, 0.3) is 6.08 Å². The Morgan fingerprint density at radius 1 is 1.06 bits per heavy atom. The summed E-state index contributed by atoms with van der Waals surface area (Å²) in [5.74, 6) is 0.342. The van der Waals surface area contributed by atoms with Crippen LogP contribution in [0.1, 0.15) is 12.5 Å². The van der Waals surface area contributed by atoms with Gasteiger partial charge in [-0.3, -0.25) is 0 Å². The maximum atomic E-state index is 9.99. The van der Waals surface area contributed by atoms with Gasteiger partial charge < -0.3 is 5.11 Å². The summed E-state index contributed by atoms with van der Waals surface area (Å²) in [6, 6.07) is 9.98. The van der Waals surface area contributed by atoms with E-state index < -0.39 is 0 Å².